The number of unbranched alkanes of at least 4 members (excludes halogenated alkanes) is 1. The number of halogens is 1. The molecule has 0 atom stereocenters. The van der Waals surface area contributed by atoms with Crippen LogP contribution in [0.2, 0.25) is 0 Å². The molecular weight excluding hydrogens is 270 g/mol. The average Bonchev–Trinajstić information content (AvgIpc) is 2.47. The first kappa shape index (κ1) is 14.9. The van der Waals surface area contributed by atoms with E-state index in [4.69, 9.17) is 16.3 Å². The van der Waals surface area contributed by atoms with Gasteiger partial charge < -0.3 is 4.74 Å². The van der Waals surface area contributed by atoms with Gasteiger partial charge in [-0.15, -0.1) is 11.6 Å². The van der Waals surface area contributed by atoms with Crippen LogP contribution in [-0.4, -0.2) is 4.98 Å². The summed E-state index contributed by atoms with van der Waals surface area (Å²) >= 11 is 5.82. The van der Waals surface area contributed by atoms with Crippen LogP contribution in [0.15, 0.2) is 36.4 Å². The highest BCUT2D eigenvalue weighted by Crippen LogP contribution is 2.22. The molecule has 0 aliphatic carbocycles. The van der Waals surface area contributed by atoms with E-state index in [2.05, 4.69) is 24.0 Å². The first-order valence-electron chi connectivity index (χ1n) is 7.02. The van der Waals surface area contributed by atoms with Crippen molar-refractivity contribution in [3.63, 3.8) is 0 Å². The molecule has 0 saturated heterocycles. The summed E-state index contributed by atoms with van der Waals surface area (Å²) in [5.41, 5.74) is 3.30. The van der Waals surface area contributed by atoms with E-state index in [-0.39, 0.29) is 0 Å². The number of alkyl halides is 1. The second kappa shape index (κ2) is 7.30. The summed E-state index contributed by atoms with van der Waals surface area (Å²) in [5, 5.41) is 0. The highest BCUT2D eigenvalue weighted by Gasteiger charge is 2.03. The van der Waals surface area contributed by atoms with Crippen LogP contribution in [0, 0.1) is 6.92 Å². The zero-order valence-electron chi connectivity index (χ0n) is 12.0. The Morgan fingerprint density at radius 3 is 2.45 bits per heavy atom. The van der Waals surface area contributed by atoms with Crippen molar-refractivity contribution >= 4 is 11.6 Å². The first-order valence-corrected chi connectivity index (χ1v) is 7.55. The standard InChI is InChI=1S/C17H20ClNO/c1-3-4-5-14-6-9-16(10-7-14)20-17-11-8-15(12-18)13(2)19-17/h6-11H,3-5,12H2,1-2H3. The third-order valence-electron chi connectivity index (χ3n) is 3.28. The lowest BCUT2D eigenvalue weighted by molar-refractivity contribution is 0.461. The smallest absolute Gasteiger partial charge is 0.219 e. The molecule has 0 unspecified atom stereocenters. The maximum absolute atomic E-state index is 5.82. The Labute approximate surface area is 125 Å². The number of nitrogens with zero attached hydrogens (tertiary/aromatic N) is 1. The van der Waals surface area contributed by atoms with Crippen LogP contribution in [0.1, 0.15) is 36.6 Å². The molecule has 0 spiro atoms. The van der Waals surface area contributed by atoms with Crippen molar-refractivity contribution in [2.45, 2.75) is 39.0 Å². The molecule has 0 amide bonds. The number of ether oxygens (including phenoxy) is 1. The Balaban J connectivity index is 2.04. The molecule has 0 aliphatic heterocycles. The first-order chi connectivity index (χ1) is 9.72. The van der Waals surface area contributed by atoms with Gasteiger partial charge in [0.1, 0.15) is 5.75 Å². The minimum Gasteiger partial charge on any atom is -0.439 e. The van der Waals surface area contributed by atoms with E-state index in [1.54, 1.807) is 0 Å². The molecule has 106 valence electrons. The van der Waals surface area contributed by atoms with E-state index in [9.17, 15) is 0 Å². The van der Waals surface area contributed by atoms with Crippen LogP contribution in [0.5, 0.6) is 11.6 Å². The van der Waals surface area contributed by atoms with Gasteiger partial charge >= 0.3 is 0 Å². The van der Waals surface area contributed by atoms with E-state index in [1.165, 1.54) is 18.4 Å². The van der Waals surface area contributed by atoms with Crippen LogP contribution in [0.3, 0.4) is 0 Å². The molecule has 0 radical (unpaired) electrons. The van der Waals surface area contributed by atoms with Gasteiger partial charge in [0.05, 0.1) is 0 Å². The van der Waals surface area contributed by atoms with Crippen molar-refractivity contribution in [3.05, 3.63) is 53.2 Å². The van der Waals surface area contributed by atoms with Gasteiger partial charge in [-0.25, -0.2) is 4.98 Å². The topological polar surface area (TPSA) is 22.1 Å². The SMILES string of the molecule is CCCCc1ccc(Oc2ccc(CCl)c(C)n2)cc1. The molecule has 0 N–H and O–H groups in total. The molecule has 20 heavy (non-hydrogen) atoms. The molecule has 0 bridgehead atoms. The van der Waals surface area contributed by atoms with E-state index in [0.29, 0.717) is 11.8 Å². The van der Waals surface area contributed by atoms with Crippen molar-refractivity contribution in [3.8, 4) is 11.6 Å². The fraction of sp³-hybridized carbons (Fsp3) is 0.353. The van der Waals surface area contributed by atoms with E-state index >= 15 is 0 Å². The van der Waals surface area contributed by atoms with Crippen LogP contribution < -0.4 is 4.74 Å². The van der Waals surface area contributed by atoms with Gasteiger partial charge in [-0.2, -0.15) is 0 Å². The van der Waals surface area contributed by atoms with Crippen molar-refractivity contribution in [2.24, 2.45) is 0 Å². The molecule has 1 aromatic heterocycles. The van der Waals surface area contributed by atoms with Crippen molar-refractivity contribution in [2.75, 3.05) is 0 Å². The van der Waals surface area contributed by atoms with Crippen LogP contribution in [0.25, 0.3) is 0 Å². The Hall–Kier alpha value is -1.54. The molecule has 2 rings (SSSR count). The normalized spacial score (nSPS) is 10.6. The highest BCUT2D eigenvalue weighted by atomic mass is 35.5. The third kappa shape index (κ3) is 3.97. The number of aryl methyl sites for hydroxylation is 2. The fourth-order valence-corrected chi connectivity index (χ4v) is 2.27. The van der Waals surface area contributed by atoms with E-state index in [1.807, 2.05) is 31.2 Å². The Morgan fingerprint density at radius 1 is 1.10 bits per heavy atom. The maximum atomic E-state index is 5.82. The summed E-state index contributed by atoms with van der Waals surface area (Å²) in [7, 11) is 0. The molecule has 2 nitrogen and oxygen atoms in total. The van der Waals surface area contributed by atoms with Crippen LogP contribution in [-0.2, 0) is 12.3 Å². The van der Waals surface area contributed by atoms with Crippen LogP contribution in [0.4, 0.5) is 0 Å². The molecule has 0 saturated carbocycles. The molecule has 3 heteroatoms. The van der Waals surface area contributed by atoms with Crippen molar-refractivity contribution in [1.29, 1.82) is 0 Å². The van der Waals surface area contributed by atoms with Gasteiger partial charge in [-0.1, -0.05) is 31.5 Å². The molecule has 0 aliphatic rings. The van der Waals surface area contributed by atoms with Gasteiger partial charge in [-0.3, -0.25) is 0 Å². The highest BCUT2D eigenvalue weighted by molar-refractivity contribution is 6.17. The number of hydrogen-bond acceptors (Lipinski definition) is 2. The van der Waals surface area contributed by atoms with Gasteiger partial charge in [0.15, 0.2) is 0 Å². The fourth-order valence-electron chi connectivity index (χ4n) is 1.99. The largest absolute Gasteiger partial charge is 0.439 e. The van der Waals surface area contributed by atoms with Gasteiger partial charge in [0.2, 0.25) is 5.88 Å². The lowest BCUT2D eigenvalue weighted by Crippen LogP contribution is -1.94. The Morgan fingerprint density at radius 2 is 1.85 bits per heavy atom. The zero-order valence-corrected chi connectivity index (χ0v) is 12.8. The second-order valence-corrected chi connectivity index (χ2v) is 5.14. The Bertz CT molecular complexity index is 551. The summed E-state index contributed by atoms with van der Waals surface area (Å²) in [6.07, 6.45) is 3.56. The van der Waals surface area contributed by atoms with E-state index < -0.39 is 0 Å². The summed E-state index contributed by atoms with van der Waals surface area (Å²) in [6.45, 7) is 4.15. The van der Waals surface area contributed by atoms with E-state index in [0.717, 1.165) is 23.4 Å². The lowest BCUT2D eigenvalue weighted by Gasteiger charge is -2.08. The second-order valence-electron chi connectivity index (χ2n) is 4.88. The molecular formula is C17H20ClNO. The quantitative estimate of drug-likeness (QED) is 0.676. The van der Waals surface area contributed by atoms with Gasteiger partial charge in [-0.05, 0) is 43.0 Å². The molecule has 1 aromatic carbocycles. The summed E-state index contributed by atoms with van der Waals surface area (Å²) in [6, 6.07) is 12.0. The van der Waals surface area contributed by atoms with Crippen LogP contribution >= 0.6 is 11.6 Å². The minimum atomic E-state index is 0.477. The molecule has 2 aromatic rings. The summed E-state index contributed by atoms with van der Waals surface area (Å²) in [4.78, 5) is 4.40. The van der Waals surface area contributed by atoms with Crippen molar-refractivity contribution < 1.29 is 4.74 Å². The number of hydrogen-bond donors (Lipinski definition) is 0. The third-order valence-corrected chi connectivity index (χ3v) is 3.57. The zero-order chi connectivity index (χ0) is 14.4. The summed E-state index contributed by atoms with van der Waals surface area (Å²) in [5.74, 6) is 1.90. The lowest BCUT2D eigenvalue weighted by atomic mass is 10.1. The number of aromatic nitrogens is 1. The number of rotatable bonds is 6. The molecule has 0 fully saturated rings. The average molecular weight is 290 g/mol. The predicted molar refractivity (Wildman–Crippen MR) is 83.7 cm³/mol. The van der Waals surface area contributed by atoms with Gasteiger partial charge in [0, 0.05) is 17.6 Å². The predicted octanol–water partition coefficient (Wildman–Crippen LogP) is 5.26. The maximum Gasteiger partial charge on any atom is 0.219 e. The number of pyridine rings is 1. The monoisotopic (exact) mass is 289 g/mol. The summed E-state index contributed by atoms with van der Waals surface area (Å²) < 4.78 is 5.76. The Kier molecular flexibility index (Phi) is 5.42. The minimum absolute atomic E-state index is 0.477. The number of benzene rings is 1. The van der Waals surface area contributed by atoms with Gasteiger partial charge in [0.25, 0.3) is 0 Å². The van der Waals surface area contributed by atoms with Crippen molar-refractivity contribution in [1.82, 2.24) is 4.98 Å². The molecule has 1 heterocycles.